The van der Waals surface area contributed by atoms with E-state index in [2.05, 4.69) is 10.3 Å². The lowest BCUT2D eigenvalue weighted by Gasteiger charge is -2.14. The molecule has 0 saturated carbocycles. The smallest absolute Gasteiger partial charge is 0.263 e. The molecule has 0 saturated heterocycles. The van der Waals surface area contributed by atoms with Crippen molar-refractivity contribution in [3.8, 4) is 11.7 Å². The van der Waals surface area contributed by atoms with Crippen LogP contribution in [-0.4, -0.2) is 10.9 Å². The molecule has 3 rings (SSSR count). The zero-order valence-electron chi connectivity index (χ0n) is 13.7. The fourth-order valence-electron chi connectivity index (χ4n) is 2.41. The second-order valence-electron chi connectivity index (χ2n) is 5.64. The summed E-state index contributed by atoms with van der Waals surface area (Å²) in [6.45, 7) is 3.40. The third kappa shape index (κ3) is 3.76. The first-order chi connectivity index (χ1) is 11.9. The number of hydrogen-bond acceptors (Lipinski definition) is 4. The van der Waals surface area contributed by atoms with Gasteiger partial charge in [-0.05, 0) is 43.7 Å². The quantitative estimate of drug-likeness (QED) is 0.760. The van der Waals surface area contributed by atoms with Gasteiger partial charge in [-0.15, -0.1) is 0 Å². The predicted octanol–water partition coefficient (Wildman–Crippen LogP) is 3.94. The Balaban J connectivity index is 1.67. The molecule has 0 fully saturated rings. The van der Waals surface area contributed by atoms with Crippen LogP contribution >= 0.6 is 0 Å². The van der Waals surface area contributed by atoms with Crippen LogP contribution in [-0.2, 0) is 11.2 Å². The van der Waals surface area contributed by atoms with Gasteiger partial charge in [0.25, 0.3) is 5.89 Å². The molecule has 1 amide bonds. The Morgan fingerprint density at radius 1 is 1.28 bits per heavy atom. The minimum Gasteiger partial charge on any atom is -0.459 e. The molecule has 0 aliphatic rings. The lowest BCUT2D eigenvalue weighted by molar-refractivity contribution is -0.121. The number of furan rings is 1. The van der Waals surface area contributed by atoms with Crippen LogP contribution in [0.25, 0.3) is 11.7 Å². The molecule has 0 aliphatic carbocycles. The first-order valence-electron chi connectivity index (χ1n) is 7.68. The highest BCUT2D eigenvalue weighted by atomic mass is 19.2. The number of amides is 1. The van der Waals surface area contributed by atoms with Crippen molar-refractivity contribution >= 4 is 5.91 Å². The molecule has 2 aromatic heterocycles. The highest BCUT2D eigenvalue weighted by molar-refractivity contribution is 5.78. The average Bonchev–Trinajstić information content (AvgIpc) is 3.20. The number of aryl methyl sites for hydroxylation is 1. The van der Waals surface area contributed by atoms with Crippen molar-refractivity contribution in [1.82, 2.24) is 10.3 Å². The van der Waals surface area contributed by atoms with E-state index in [9.17, 15) is 13.6 Å². The Morgan fingerprint density at radius 2 is 2.08 bits per heavy atom. The molecule has 1 atom stereocenters. The number of rotatable bonds is 5. The maximum Gasteiger partial charge on any atom is 0.263 e. The van der Waals surface area contributed by atoms with E-state index in [1.807, 2.05) is 0 Å². The second-order valence-corrected chi connectivity index (χ2v) is 5.64. The zero-order chi connectivity index (χ0) is 18.0. The molecular weight excluding hydrogens is 330 g/mol. The van der Waals surface area contributed by atoms with Crippen molar-refractivity contribution in [3.63, 3.8) is 0 Å². The molecule has 0 aliphatic heterocycles. The Hall–Kier alpha value is -2.96. The van der Waals surface area contributed by atoms with Gasteiger partial charge in [-0.2, -0.15) is 0 Å². The van der Waals surface area contributed by atoms with Gasteiger partial charge in [0.15, 0.2) is 17.4 Å². The SMILES string of the molecule is Cc1oc(-c2ccco2)nc1CC(=O)N[C@@H](C)c1ccc(F)c(F)c1. The van der Waals surface area contributed by atoms with Crippen molar-refractivity contribution in [2.45, 2.75) is 26.3 Å². The number of aromatic nitrogens is 1. The number of halogens is 2. The third-order valence-electron chi connectivity index (χ3n) is 3.77. The number of benzene rings is 1. The number of carbonyl (C=O) groups excluding carboxylic acids is 1. The van der Waals surface area contributed by atoms with E-state index in [-0.39, 0.29) is 12.3 Å². The summed E-state index contributed by atoms with van der Waals surface area (Å²) in [5.41, 5.74) is 0.960. The lowest BCUT2D eigenvalue weighted by Crippen LogP contribution is -2.28. The fraction of sp³-hybridized carbons (Fsp3) is 0.222. The van der Waals surface area contributed by atoms with Gasteiger partial charge in [0.2, 0.25) is 5.91 Å². The van der Waals surface area contributed by atoms with Crippen LogP contribution in [0.2, 0.25) is 0 Å². The number of oxazole rings is 1. The minimum atomic E-state index is -0.950. The molecule has 0 radical (unpaired) electrons. The maximum atomic E-state index is 13.3. The fourth-order valence-corrected chi connectivity index (χ4v) is 2.41. The summed E-state index contributed by atoms with van der Waals surface area (Å²) in [5, 5.41) is 2.73. The summed E-state index contributed by atoms with van der Waals surface area (Å²) in [7, 11) is 0. The molecular formula is C18H16F2N2O3. The molecule has 2 heterocycles. The van der Waals surface area contributed by atoms with Crippen LogP contribution in [0, 0.1) is 18.6 Å². The van der Waals surface area contributed by atoms with Crippen LogP contribution < -0.4 is 5.32 Å². The van der Waals surface area contributed by atoms with E-state index in [1.54, 1.807) is 26.0 Å². The first-order valence-corrected chi connectivity index (χ1v) is 7.68. The van der Waals surface area contributed by atoms with Gasteiger partial charge >= 0.3 is 0 Å². The van der Waals surface area contributed by atoms with E-state index in [0.29, 0.717) is 28.7 Å². The van der Waals surface area contributed by atoms with Crippen molar-refractivity contribution in [3.05, 3.63) is 65.2 Å². The summed E-state index contributed by atoms with van der Waals surface area (Å²) in [4.78, 5) is 16.5. The molecule has 0 spiro atoms. The van der Waals surface area contributed by atoms with Crippen molar-refractivity contribution in [1.29, 1.82) is 0 Å². The largest absolute Gasteiger partial charge is 0.459 e. The van der Waals surface area contributed by atoms with Gasteiger partial charge in [0.1, 0.15) is 5.76 Å². The van der Waals surface area contributed by atoms with Gasteiger partial charge in [-0.1, -0.05) is 6.07 Å². The molecule has 0 bridgehead atoms. The normalized spacial score (nSPS) is 12.2. The average molecular weight is 346 g/mol. The number of nitrogens with zero attached hydrogens (tertiary/aromatic N) is 1. The van der Waals surface area contributed by atoms with Crippen molar-refractivity contribution in [2.75, 3.05) is 0 Å². The molecule has 3 aromatic rings. The van der Waals surface area contributed by atoms with Crippen LogP contribution in [0.5, 0.6) is 0 Å². The minimum absolute atomic E-state index is 0.00403. The second kappa shape index (κ2) is 6.88. The highest BCUT2D eigenvalue weighted by Gasteiger charge is 2.18. The molecule has 25 heavy (non-hydrogen) atoms. The maximum absolute atomic E-state index is 13.3. The van der Waals surface area contributed by atoms with E-state index in [4.69, 9.17) is 8.83 Å². The van der Waals surface area contributed by atoms with Crippen LogP contribution in [0.3, 0.4) is 0 Å². The van der Waals surface area contributed by atoms with E-state index < -0.39 is 17.7 Å². The number of carbonyl (C=O) groups is 1. The van der Waals surface area contributed by atoms with Gasteiger partial charge in [-0.3, -0.25) is 4.79 Å². The predicted molar refractivity (Wildman–Crippen MR) is 85.6 cm³/mol. The lowest BCUT2D eigenvalue weighted by atomic mass is 10.1. The summed E-state index contributed by atoms with van der Waals surface area (Å²) >= 11 is 0. The van der Waals surface area contributed by atoms with Crippen molar-refractivity contribution < 1.29 is 22.4 Å². The molecule has 130 valence electrons. The van der Waals surface area contributed by atoms with E-state index in [1.165, 1.54) is 12.3 Å². The van der Waals surface area contributed by atoms with Crippen LogP contribution in [0.15, 0.2) is 45.4 Å². The van der Waals surface area contributed by atoms with Gasteiger partial charge in [0, 0.05) is 0 Å². The summed E-state index contributed by atoms with van der Waals surface area (Å²) < 4.78 is 37.0. The Bertz CT molecular complexity index is 888. The molecule has 5 nitrogen and oxygen atoms in total. The summed E-state index contributed by atoms with van der Waals surface area (Å²) in [6, 6.07) is 6.48. The van der Waals surface area contributed by atoms with E-state index >= 15 is 0 Å². The van der Waals surface area contributed by atoms with Crippen molar-refractivity contribution in [2.24, 2.45) is 0 Å². The molecule has 0 unspecified atom stereocenters. The summed E-state index contributed by atoms with van der Waals surface area (Å²) in [6.07, 6.45) is 1.51. The Labute approximate surface area is 142 Å². The van der Waals surface area contributed by atoms with Crippen LogP contribution in [0.1, 0.15) is 30.0 Å². The van der Waals surface area contributed by atoms with E-state index in [0.717, 1.165) is 12.1 Å². The molecule has 7 heteroatoms. The highest BCUT2D eigenvalue weighted by Crippen LogP contribution is 2.22. The molecule has 1 N–H and O–H groups in total. The topological polar surface area (TPSA) is 68.3 Å². The molecule has 1 aromatic carbocycles. The monoisotopic (exact) mass is 346 g/mol. The van der Waals surface area contributed by atoms with Gasteiger partial charge in [-0.25, -0.2) is 13.8 Å². The number of hydrogen-bond donors (Lipinski definition) is 1. The Morgan fingerprint density at radius 3 is 2.76 bits per heavy atom. The third-order valence-corrected chi connectivity index (χ3v) is 3.77. The first kappa shape index (κ1) is 16.9. The Kier molecular flexibility index (Phi) is 4.65. The number of nitrogens with one attached hydrogen (secondary N) is 1. The van der Waals surface area contributed by atoms with Crippen LogP contribution in [0.4, 0.5) is 8.78 Å². The zero-order valence-corrected chi connectivity index (χ0v) is 13.7. The summed E-state index contributed by atoms with van der Waals surface area (Å²) in [5.74, 6) is -0.884. The standard InChI is InChI=1S/C18H16F2N2O3/c1-10(12-5-6-13(19)14(20)8-12)21-17(23)9-15-11(2)25-18(22-15)16-4-3-7-24-16/h3-8,10H,9H2,1-2H3,(H,21,23)/t10-/m0/s1. The van der Waals surface area contributed by atoms with Gasteiger partial charge < -0.3 is 14.2 Å². The van der Waals surface area contributed by atoms with Gasteiger partial charge in [0.05, 0.1) is 24.4 Å².